The highest BCUT2D eigenvalue weighted by Gasteiger charge is 2.41. The molecule has 2 aromatic heterocycles. The molecule has 0 unspecified atom stereocenters. The van der Waals surface area contributed by atoms with Gasteiger partial charge in [0.15, 0.2) is 11.4 Å². The molecule has 5 nitrogen and oxygen atoms in total. The molecule has 1 fully saturated rings. The first kappa shape index (κ1) is 20.4. The molecule has 150 valence electrons. The molecule has 9 heteroatoms. The molecule has 3 rings (SSSR count). The number of furan rings is 1. The number of rotatable bonds is 5. The fraction of sp³-hybridized carbons (Fsp3) is 0.368. The van der Waals surface area contributed by atoms with Crippen LogP contribution in [-0.2, 0) is 10.9 Å². The van der Waals surface area contributed by atoms with Gasteiger partial charge >= 0.3 is 6.18 Å². The van der Waals surface area contributed by atoms with Crippen LogP contribution in [0.5, 0.6) is 0 Å². The molecule has 1 aliphatic heterocycles. The number of morpholine rings is 1. The zero-order valence-corrected chi connectivity index (χ0v) is 16.0. The third kappa shape index (κ3) is 4.07. The van der Waals surface area contributed by atoms with E-state index in [0.29, 0.717) is 38.3 Å². The van der Waals surface area contributed by atoms with Crippen LogP contribution in [0.2, 0.25) is 5.28 Å². The number of nitrogens with zero attached hydrogens (tertiary/aromatic N) is 3. The molecule has 0 aliphatic carbocycles. The van der Waals surface area contributed by atoms with Crippen LogP contribution in [0.1, 0.15) is 24.7 Å². The van der Waals surface area contributed by atoms with E-state index < -0.39 is 11.7 Å². The molecule has 1 aliphatic rings. The van der Waals surface area contributed by atoms with Crippen LogP contribution in [0.15, 0.2) is 35.3 Å². The maximum Gasteiger partial charge on any atom is 0.422 e. The molecule has 0 amide bonds. The van der Waals surface area contributed by atoms with Gasteiger partial charge in [-0.15, -0.1) is 0 Å². The van der Waals surface area contributed by atoms with Crippen molar-refractivity contribution in [1.29, 1.82) is 0 Å². The van der Waals surface area contributed by atoms with Crippen molar-refractivity contribution in [2.75, 3.05) is 31.2 Å². The lowest BCUT2D eigenvalue weighted by molar-refractivity contribution is -0.137. The lowest BCUT2D eigenvalue weighted by Crippen LogP contribution is -2.36. The number of fused-ring (bicyclic) bond motifs is 1. The summed E-state index contributed by atoms with van der Waals surface area (Å²) >= 11 is 5.96. The minimum absolute atomic E-state index is 0.0272. The van der Waals surface area contributed by atoms with Gasteiger partial charge in [-0.2, -0.15) is 18.2 Å². The molecular formula is C19H19ClF3N3O2. The largest absolute Gasteiger partial charge is 0.450 e. The van der Waals surface area contributed by atoms with Crippen LogP contribution < -0.4 is 4.90 Å². The number of anilines is 1. The minimum Gasteiger partial charge on any atom is -0.450 e. The summed E-state index contributed by atoms with van der Waals surface area (Å²) in [6, 6.07) is 0. The number of alkyl halides is 3. The molecular weight excluding hydrogens is 395 g/mol. The highest BCUT2D eigenvalue weighted by Crippen LogP contribution is 2.44. The summed E-state index contributed by atoms with van der Waals surface area (Å²) in [4.78, 5) is 9.78. The van der Waals surface area contributed by atoms with E-state index in [1.807, 2.05) is 0 Å². The minimum atomic E-state index is -4.67. The van der Waals surface area contributed by atoms with Gasteiger partial charge < -0.3 is 14.1 Å². The third-order valence-corrected chi connectivity index (χ3v) is 4.47. The van der Waals surface area contributed by atoms with E-state index in [9.17, 15) is 13.2 Å². The van der Waals surface area contributed by atoms with E-state index >= 15 is 0 Å². The highest BCUT2D eigenvalue weighted by molar-refractivity contribution is 6.28. The van der Waals surface area contributed by atoms with Crippen molar-refractivity contribution in [1.82, 2.24) is 9.97 Å². The maximum atomic E-state index is 13.9. The van der Waals surface area contributed by atoms with E-state index in [0.717, 1.165) is 0 Å². The number of halogens is 4. The van der Waals surface area contributed by atoms with E-state index in [2.05, 4.69) is 16.5 Å². The van der Waals surface area contributed by atoms with Crippen molar-refractivity contribution < 1.29 is 22.3 Å². The standard InChI is InChI=1S/C19H19ClF3N3O2/c1-3-5-6-7-12(4-2)15-13(19(21,22)23)14-16(28-15)17(25-18(20)24-14)26-8-10-27-11-9-26/h3,5-7H,1,4,8-11H2,2H3/b6-5-,12-7+. The van der Waals surface area contributed by atoms with Crippen molar-refractivity contribution in [2.24, 2.45) is 0 Å². The van der Waals surface area contributed by atoms with Crippen molar-refractivity contribution >= 4 is 34.1 Å². The van der Waals surface area contributed by atoms with Gasteiger partial charge in [-0.3, -0.25) is 0 Å². The predicted molar refractivity (Wildman–Crippen MR) is 102 cm³/mol. The molecule has 0 atom stereocenters. The van der Waals surface area contributed by atoms with Crippen LogP contribution in [0.4, 0.5) is 19.0 Å². The molecule has 1 saturated heterocycles. The normalized spacial score (nSPS) is 16.3. The van der Waals surface area contributed by atoms with Crippen LogP contribution in [0.3, 0.4) is 0 Å². The zero-order chi connectivity index (χ0) is 20.3. The second kappa shape index (κ2) is 8.36. The lowest BCUT2D eigenvalue weighted by Gasteiger charge is -2.27. The first-order chi connectivity index (χ1) is 13.4. The quantitative estimate of drug-likeness (QED) is 0.494. The second-order valence-electron chi connectivity index (χ2n) is 6.06. The third-order valence-electron chi connectivity index (χ3n) is 4.30. The van der Waals surface area contributed by atoms with Gasteiger partial charge in [0, 0.05) is 13.1 Å². The summed E-state index contributed by atoms with van der Waals surface area (Å²) < 4.78 is 52.9. The maximum absolute atomic E-state index is 13.9. The number of ether oxygens (including phenoxy) is 1. The van der Waals surface area contributed by atoms with E-state index in [-0.39, 0.29) is 28.0 Å². The summed E-state index contributed by atoms with van der Waals surface area (Å²) in [5.41, 5.74) is -0.925. The summed E-state index contributed by atoms with van der Waals surface area (Å²) in [6.45, 7) is 7.13. The molecule has 0 bridgehead atoms. The smallest absolute Gasteiger partial charge is 0.422 e. The summed E-state index contributed by atoms with van der Waals surface area (Å²) in [5, 5.41) is -0.263. The Bertz CT molecular complexity index is 929. The summed E-state index contributed by atoms with van der Waals surface area (Å²) in [6.07, 6.45) is 2.00. The Hall–Kier alpha value is -2.32. The van der Waals surface area contributed by atoms with Crippen LogP contribution >= 0.6 is 11.6 Å². The fourth-order valence-electron chi connectivity index (χ4n) is 3.02. The summed E-state index contributed by atoms with van der Waals surface area (Å²) in [7, 11) is 0. The Balaban J connectivity index is 2.27. The Labute approximate surface area is 165 Å². The van der Waals surface area contributed by atoms with Crippen LogP contribution in [0, 0.1) is 0 Å². The van der Waals surface area contributed by atoms with Crippen molar-refractivity contribution in [3.8, 4) is 0 Å². The first-order valence-electron chi connectivity index (χ1n) is 8.75. The van der Waals surface area contributed by atoms with Gasteiger partial charge in [0.25, 0.3) is 0 Å². The Morgan fingerprint density at radius 1 is 1.25 bits per heavy atom. The van der Waals surface area contributed by atoms with Gasteiger partial charge in [0.1, 0.15) is 16.8 Å². The Morgan fingerprint density at radius 3 is 2.57 bits per heavy atom. The topological polar surface area (TPSA) is 51.4 Å². The first-order valence-corrected chi connectivity index (χ1v) is 9.13. The van der Waals surface area contributed by atoms with Crippen LogP contribution in [-0.4, -0.2) is 36.3 Å². The van der Waals surface area contributed by atoms with E-state index in [1.165, 1.54) is 6.08 Å². The predicted octanol–water partition coefficient (Wildman–Crippen LogP) is 5.27. The van der Waals surface area contributed by atoms with Gasteiger partial charge in [0.2, 0.25) is 5.28 Å². The van der Waals surface area contributed by atoms with E-state index in [4.69, 9.17) is 20.8 Å². The average molecular weight is 414 g/mol. The fourth-order valence-corrected chi connectivity index (χ4v) is 3.18. The molecule has 2 aromatic rings. The summed E-state index contributed by atoms with van der Waals surface area (Å²) in [5.74, 6) is -0.0306. The molecule has 0 radical (unpaired) electrons. The number of hydrogen-bond donors (Lipinski definition) is 0. The molecule has 3 heterocycles. The number of hydrogen-bond acceptors (Lipinski definition) is 5. The van der Waals surface area contributed by atoms with Crippen LogP contribution in [0.25, 0.3) is 16.7 Å². The highest BCUT2D eigenvalue weighted by atomic mass is 35.5. The molecule has 0 spiro atoms. The van der Waals surface area contributed by atoms with Gasteiger partial charge in [-0.25, -0.2) is 4.98 Å². The average Bonchev–Trinajstić information content (AvgIpc) is 3.04. The van der Waals surface area contributed by atoms with Gasteiger partial charge in [-0.1, -0.05) is 37.8 Å². The van der Waals surface area contributed by atoms with Crippen molar-refractivity contribution in [2.45, 2.75) is 19.5 Å². The molecule has 28 heavy (non-hydrogen) atoms. The molecule has 0 saturated carbocycles. The van der Waals surface area contributed by atoms with Crippen molar-refractivity contribution in [3.05, 3.63) is 47.5 Å². The van der Waals surface area contributed by atoms with Gasteiger partial charge in [-0.05, 0) is 23.6 Å². The van der Waals surface area contributed by atoms with E-state index in [1.54, 1.807) is 30.1 Å². The lowest BCUT2D eigenvalue weighted by atomic mass is 10.1. The second-order valence-corrected chi connectivity index (χ2v) is 6.40. The van der Waals surface area contributed by atoms with Crippen molar-refractivity contribution in [3.63, 3.8) is 0 Å². The Morgan fingerprint density at radius 2 is 1.96 bits per heavy atom. The Kier molecular flexibility index (Phi) is 6.10. The molecule has 0 aromatic carbocycles. The SMILES string of the molecule is C=C/C=C\C=C(/CC)c1oc2c(N3CCOCC3)nc(Cl)nc2c1C(F)(F)F. The monoisotopic (exact) mass is 413 g/mol. The number of allylic oxidation sites excluding steroid dienone is 5. The zero-order valence-electron chi connectivity index (χ0n) is 15.2. The number of aromatic nitrogens is 2. The van der Waals surface area contributed by atoms with Gasteiger partial charge in [0.05, 0.1) is 13.2 Å². The molecule has 0 N–H and O–H groups in total.